The SMILES string of the molecule is O=Cc1csc2c(I)c(Br)ccc12. The Balaban J connectivity index is 2.88. The first-order chi connectivity index (χ1) is 6.24. The second-order valence-corrected chi connectivity index (χ2v) is 5.36. The molecule has 0 N–H and O–H groups in total. The molecule has 1 heterocycles. The summed E-state index contributed by atoms with van der Waals surface area (Å²) < 4.78 is 3.44. The van der Waals surface area contributed by atoms with Crippen molar-refractivity contribution in [3.63, 3.8) is 0 Å². The Bertz CT molecular complexity index is 478. The number of benzene rings is 1. The smallest absolute Gasteiger partial charge is 0.151 e. The number of rotatable bonds is 1. The first-order valence-corrected chi connectivity index (χ1v) is 6.29. The Kier molecular flexibility index (Phi) is 2.71. The monoisotopic (exact) mass is 366 g/mol. The molecular formula is C9H4BrIOS. The van der Waals surface area contributed by atoms with E-state index in [2.05, 4.69) is 38.5 Å². The number of thiophene rings is 1. The predicted molar refractivity (Wildman–Crippen MR) is 67.6 cm³/mol. The molecule has 0 fully saturated rings. The molecule has 66 valence electrons. The van der Waals surface area contributed by atoms with Crippen LogP contribution in [0.4, 0.5) is 0 Å². The molecular weight excluding hydrogens is 363 g/mol. The first kappa shape index (κ1) is 9.61. The fraction of sp³-hybridized carbons (Fsp3) is 0. The number of carbonyl (C=O) groups excluding carboxylic acids is 1. The molecule has 0 amide bonds. The number of carbonyl (C=O) groups is 1. The van der Waals surface area contributed by atoms with Crippen LogP contribution in [0.3, 0.4) is 0 Å². The highest BCUT2D eigenvalue weighted by Crippen LogP contribution is 2.33. The Morgan fingerprint density at radius 3 is 2.92 bits per heavy atom. The topological polar surface area (TPSA) is 17.1 Å². The number of halogens is 2. The molecule has 0 aliphatic rings. The summed E-state index contributed by atoms with van der Waals surface area (Å²) >= 11 is 7.35. The van der Waals surface area contributed by atoms with Gasteiger partial charge in [0.05, 0.1) is 0 Å². The molecule has 2 aromatic rings. The van der Waals surface area contributed by atoms with Gasteiger partial charge in [0.2, 0.25) is 0 Å². The average molecular weight is 367 g/mol. The fourth-order valence-electron chi connectivity index (χ4n) is 1.15. The normalized spacial score (nSPS) is 10.6. The summed E-state index contributed by atoms with van der Waals surface area (Å²) in [5.74, 6) is 0. The van der Waals surface area contributed by atoms with E-state index in [4.69, 9.17) is 0 Å². The maximum atomic E-state index is 10.7. The standard InChI is InChI=1S/C9H4BrIOS/c10-7-2-1-6-5(3-12)4-13-9(6)8(7)11/h1-4H. The molecule has 0 spiro atoms. The van der Waals surface area contributed by atoms with E-state index in [0.29, 0.717) is 0 Å². The van der Waals surface area contributed by atoms with E-state index in [0.717, 1.165) is 21.7 Å². The first-order valence-electron chi connectivity index (χ1n) is 3.54. The lowest BCUT2D eigenvalue weighted by Gasteiger charge is -1.97. The van der Waals surface area contributed by atoms with Crippen molar-refractivity contribution in [1.82, 2.24) is 0 Å². The van der Waals surface area contributed by atoms with Crippen LogP contribution in [-0.4, -0.2) is 6.29 Å². The third-order valence-corrected chi connectivity index (χ3v) is 5.71. The Hall–Kier alpha value is 0.0600. The van der Waals surface area contributed by atoms with Crippen molar-refractivity contribution in [2.45, 2.75) is 0 Å². The molecule has 1 aromatic carbocycles. The summed E-state index contributed by atoms with van der Waals surface area (Å²) in [5.41, 5.74) is 0.783. The zero-order valence-electron chi connectivity index (χ0n) is 6.38. The maximum absolute atomic E-state index is 10.7. The molecule has 0 aliphatic heterocycles. The minimum absolute atomic E-state index is 0.783. The molecule has 13 heavy (non-hydrogen) atoms. The molecule has 0 saturated heterocycles. The van der Waals surface area contributed by atoms with Gasteiger partial charge in [-0.25, -0.2) is 0 Å². The number of hydrogen-bond donors (Lipinski definition) is 0. The van der Waals surface area contributed by atoms with Crippen molar-refractivity contribution >= 4 is 66.2 Å². The molecule has 0 aliphatic carbocycles. The van der Waals surface area contributed by atoms with Gasteiger partial charge in [0, 0.05) is 29.1 Å². The molecule has 0 radical (unpaired) electrons. The van der Waals surface area contributed by atoms with E-state index in [1.807, 2.05) is 17.5 Å². The van der Waals surface area contributed by atoms with E-state index >= 15 is 0 Å². The van der Waals surface area contributed by atoms with Crippen molar-refractivity contribution in [2.75, 3.05) is 0 Å². The quantitative estimate of drug-likeness (QED) is 0.549. The third-order valence-electron chi connectivity index (χ3n) is 1.79. The van der Waals surface area contributed by atoms with E-state index < -0.39 is 0 Å². The van der Waals surface area contributed by atoms with E-state index in [9.17, 15) is 4.79 Å². The Morgan fingerprint density at radius 2 is 2.23 bits per heavy atom. The molecule has 1 aromatic heterocycles. The van der Waals surface area contributed by atoms with E-state index in [1.54, 1.807) is 11.3 Å². The Morgan fingerprint density at radius 1 is 1.46 bits per heavy atom. The van der Waals surface area contributed by atoms with Crippen molar-refractivity contribution in [3.8, 4) is 0 Å². The van der Waals surface area contributed by atoms with Crippen LogP contribution in [-0.2, 0) is 0 Å². The highest BCUT2D eigenvalue weighted by atomic mass is 127. The maximum Gasteiger partial charge on any atom is 0.151 e. The summed E-state index contributed by atoms with van der Waals surface area (Å²) in [4.78, 5) is 10.7. The minimum atomic E-state index is 0.783. The summed E-state index contributed by atoms with van der Waals surface area (Å²) in [5, 5.41) is 2.94. The number of fused-ring (bicyclic) bond motifs is 1. The second-order valence-electron chi connectivity index (χ2n) is 2.55. The lowest BCUT2D eigenvalue weighted by Crippen LogP contribution is -1.78. The number of aldehydes is 1. The van der Waals surface area contributed by atoms with Gasteiger partial charge in [-0.1, -0.05) is 6.07 Å². The van der Waals surface area contributed by atoms with Gasteiger partial charge in [-0.2, -0.15) is 0 Å². The largest absolute Gasteiger partial charge is 0.298 e. The molecule has 1 nitrogen and oxygen atoms in total. The summed E-state index contributed by atoms with van der Waals surface area (Å²) in [6, 6.07) is 3.95. The predicted octanol–water partition coefficient (Wildman–Crippen LogP) is 4.08. The summed E-state index contributed by atoms with van der Waals surface area (Å²) in [6.07, 6.45) is 0.906. The average Bonchev–Trinajstić information content (AvgIpc) is 2.55. The van der Waals surface area contributed by atoms with Crippen molar-refractivity contribution in [3.05, 3.63) is 31.1 Å². The lowest BCUT2D eigenvalue weighted by molar-refractivity contribution is 0.112. The van der Waals surface area contributed by atoms with Crippen LogP contribution in [0.15, 0.2) is 22.0 Å². The molecule has 0 atom stereocenters. The van der Waals surface area contributed by atoms with Crippen molar-refractivity contribution < 1.29 is 4.79 Å². The van der Waals surface area contributed by atoms with Crippen LogP contribution in [0, 0.1) is 3.57 Å². The Labute approximate surface area is 101 Å². The van der Waals surface area contributed by atoms with E-state index in [-0.39, 0.29) is 0 Å². The van der Waals surface area contributed by atoms with Crippen LogP contribution >= 0.6 is 49.9 Å². The fourth-order valence-corrected chi connectivity index (χ4v) is 3.42. The van der Waals surface area contributed by atoms with Crippen LogP contribution in [0.2, 0.25) is 0 Å². The molecule has 0 bridgehead atoms. The highest BCUT2D eigenvalue weighted by Gasteiger charge is 2.07. The molecule has 4 heteroatoms. The van der Waals surface area contributed by atoms with Crippen LogP contribution in [0.25, 0.3) is 10.1 Å². The van der Waals surface area contributed by atoms with Gasteiger partial charge in [0.1, 0.15) is 0 Å². The van der Waals surface area contributed by atoms with Crippen LogP contribution < -0.4 is 0 Å². The van der Waals surface area contributed by atoms with Gasteiger partial charge in [-0.05, 0) is 44.6 Å². The third kappa shape index (κ3) is 1.55. The van der Waals surface area contributed by atoms with E-state index in [1.165, 1.54) is 8.27 Å². The minimum Gasteiger partial charge on any atom is -0.298 e. The van der Waals surface area contributed by atoms with Gasteiger partial charge in [0.15, 0.2) is 6.29 Å². The van der Waals surface area contributed by atoms with Crippen LogP contribution in [0.5, 0.6) is 0 Å². The van der Waals surface area contributed by atoms with Gasteiger partial charge >= 0.3 is 0 Å². The van der Waals surface area contributed by atoms with Gasteiger partial charge in [-0.15, -0.1) is 11.3 Å². The van der Waals surface area contributed by atoms with Gasteiger partial charge in [-0.3, -0.25) is 4.79 Å². The number of hydrogen-bond acceptors (Lipinski definition) is 2. The van der Waals surface area contributed by atoms with Gasteiger partial charge in [0.25, 0.3) is 0 Å². The zero-order chi connectivity index (χ0) is 9.42. The van der Waals surface area contributed by atoms with Crippen molar-refractivity contribution in [1.29, 1.82) is 0 Å². The lowest BCUT2D eigenvalue weighted by atomic mass is 10.2. The van der Waals surface area contributed by atoms with Crippen LogP contribution in [0.1, 0.15) is 10.4 Å². The highest BCUT2D eigenvalue weighted by molar-refractivity contribution is 14.1. The van der Waals surface area contributed by atoms with Gasteiger partial charge < -0.3 is 0 Å². The zero-order valence-corrected chi connectivity index (χ0v) is 10.9. The second kappa shape index (κ2) is 3.67. The molecule has 0 saturated carbocycles. The molecule has 2 rings (SSSR count). The summed E-state index contributed by atoms with van der Waals surface area (Å²) in [6.45, 7) is 0. The molecule has 0 unspecified atom stereocenters. The van der Waals surface area contributed by atoms with Crippen molar-refractivity contribution in [2.24, 2.45) is 0 Å². The summed E-state index contributed by atoms with van der Waals surface area (Å²) in [7, 11) is 0.